The largest absolute Gasteiger partial charge is 0.344 e. The monoisotopic (exact) mass is 327 g/mol. The van der Waals surface area contributed by atoms with Gasteiger partial charge in [0.15, 0.2) is 0 Å². The highest BCUT2D eigenvalue weighted by atomic mass is 16.2. The minimum atomic E-state index is -0.560. The first-order valence-corrected chi connectivity index (χ1v) is 8.12. The third-order valence-corrected chi connectivity index (χ3v) is 3.83. The van der Waals surface area contributed by atoms with Gasteiger partial charge in [-0.1, -0.05) is 56.3 Å². The predicted octanol–water partition coefficient (Wildman–Crippen LogP) is 2.12. The number of hydrogen-bond acceptors (Lipinski definition) is 3. The first kappa shape index (κ1) is 17.9. The number of nitrogens with one attached hydrogen (secondary N) is 2. The molecule has 0 saturated carbocycles. The summed E-state index contributed by atoms with van der Waals surface area (Å²) in [6.07, 6.45) is 0.250. The minimum Gasteiger partial charge on any atom is -0.344 e. The van der Waals surface area contributed by atoms with Gasteiger partial charge in [0.05, 0.1) is 6.42 Å². The molecule has 0 aliphatic heterocycles. The van der Waals surface area contributed by atoms with E-state index in [1.165, 1.54) is 0 Å². The summed E-state index contributed by atoms with van der Waals surface area (Å²) in [7, 11) is 3.49. The van der Waals surface area contributed by atoms with Gasteiger partial charge in [-0.05, 0) is 22.3 Å². The lowest BCUT2D eigenvalue weighted by Crippen LogP contribution is -2.53. The number of hydrogen-bond donors (Lipinski definition) is 2. The molecule has 0 aliphatic carbocycles. The zero-order valence-corrected chi connectivity index (χ0v) is 14.7. The quantitative estimate of drug-likeness (QED) is 0.799. The van der Waals surface area contributed by atoms with Gasteiger partial charge in [0.2, 0.25) is 5.91 Å². The molecule has 2 N–H and O–H groups in total. The van der Waals surface area contributed by atoms with E-state index in [1.54, 1.807) is 19.1 Å². The van der Waals surface area contributed by atoms with Crippen molar-refractivity contribution in [1.82, 2.24) is 15.8 Å². The summed E-state index contributed by atoms with van der Waals surface area (Å²) < 4.78 is 0. The molecule has 0 radical (unpaired) electrons. The van der Waals surface area contributed by atoms with E-state index in [9.17, 15) is 9.59 Å². The van der Waals surface area contributed by atoms with Crippen LogP contribution in [0.2, 0.25) is 0 Å². The summed E-state index contributed by atoms with van der Waals surface area (Å²) >= 11 is 0. The van der Waals surface area contributed by atoms with Crippen LogP contribution in [0.15, 0.2) is 42.5 Å². The molecule has 5 nitrogen and oxygen atoms in total. The lowest BCUT2D eigenvalue weighted by Gasteiger charge is -2.23. The van der Waals surface area contributed by atoms with E-state index in [0.29, 0.717) is 0 Å². The molecule has 2 amide bonds. The van der Waals surface area contributed by atoms with Crippen molar-refractivity contribution in [2.45, 2.75) is 26.3 Å². The van der Waals surface area contributed by atoms with E-state index >= 15 is 0 Å². The molecule has 0 unspecified atom stereocenters. The average molecular weight is 327 g/mol. The molecule has 2 rings (SSSR count). The number of amides is 2. The molecule has 0 spiro atoms. The molecule has 0 fully saturated rings. The van der Waals surface area contributed by atoms with Crippen molar-refractivity contribution in [2.24, 2.45) is 5.92 Å². The van der Waals surface area contributed by atoms with Gasteiger partial charge >= 0.3 is 0 Å². The molecule has 2 aromatic rings. The summed E-state index contributed by atoms with van der Waals surface area (Å²) in [5.74, 6) is -0.360. The Morgan fingerprint density at radius 2 is 1.71 bits per heavy atom. The molecular weight excluding hydrogens is 302 g/mol. The van der Waals surface area contributed by atoms with Crippen LogP contribution in [0.3, 0.4) is 0 Å². The number of fused-ring (bicyclic) bond motifs is 1. The number of carbonyl (C=O) groups excluding carboxylic acids is 2. The standard InChI is InChI=1S/C19H25N3O2/c1-13(2)18(19(24)21-22(3)4)20-17(23)12-15-10-7-9-14-8-5-6-11-16(14)15/h5-11,13,18H,12H2,1-4H3,(H,20,23)(H,21,24)/t18-/m0/s1. The third kappa shape index (κ3) is 4.55. The van der Waals surface area contributed by atoms with Crippen molar-refractivity contribution in [3.8, 4) is 0 Å². The topological polar surface area (TPSA) is 61.4 Å². The first-order valence-electron chi connectivity index (χ1n) is 8.12. The van der Waals surface area contributed by atoms with Crippen LogP contribution < -0.4 is 10.7 Å². The van der Waals surface area contributed by atoms with Crippen LogP contribution in [0.5, 0.6) is 0 Å². The lowest BCUT2D eigenvalue weighted by molar-refractivity contribution is -0.132. The Labute approximate surface area is 143 Å². The SMILES string of the molecule is CC(C)[C@H](NC(=O)Cc1cccc2ccccc12)C(=O)NN(C)C. The maximum atomic E-state index is 12.5. The van der Waals surface area contributed by atoms with Crippen molar-refractivity contribution in [3.05, 3.63) is 48.0 Å². The molecule has 0 heterocycles. The van der Waals surface area contributed by atoms with Crippen molar-refractivity contribution < 1.29 is 9.59 Å². The second-order valence-electron chi connectivity index (χ2n) is 6.47. The van der Waals surface area contributed by atoms with Gasteiger partial charge in [0.1, 0.15) is 6.04 Å². The van der Waals surface area contributed by atoms with E-state index < -0.39 is 6.04 Å². The second kappa shape index (κ2) is 7.93. The van der Waals surface area contributed by atoms with Gasteiger partial charge in [-0.2, -0.15) is 0 Å². The highest BCUT2D eigenvalue weighted by Crippen LogP contribution is 2.19. The molecular formula is C19H25N3O2. The summed E-state index contributed by atoms with van der Waals surface area (Å²) in [5, 5.41) is 6.60. The van der Waals surface area contributed by atoms with Crippen molar-refractivity contribution >= 4 is 22.6 Å². The fourth-order valence-electron chi connectivity index (χ4n) is 2.67. The summed E-state index contributed by atoms with van der Waals surface area (Å²) in [6.45, 7) is 3.83. The summed E-state index contributed by atoms with van der Waals surface area (Å²) in [4.78, 5) is 24.7. The Hall–Kier alpha value is -2.40. The first-order chi connectivity index (χ1) is 11.4. The Morgan fingerprint density at radius 1 is 1.04 bits per heavy atom. The fourth-order valence-corrected chi connectivity index (χ4v) is 2.67. The van der Waals surface area contributed by atoms with Crippen LogP contribution in [-0.2, 0) is 16.0 Å². The van der Waals surface area contributed by atoms with Gasteiger partial charge in [-0.25, -0.2) is 5.01 Å². The molecule has 2 aromatic carbocycles. The van der Waals surface area contributed by atoms with E-state index in [0.717, 1.165) is 16.3 Å². The van der Waals surface area contributed by atoms with Crippen LogP contribution in [0, 0.1) is 5.92 Å². The molecule has 0 aromatic heterocycles. The highest BCUT2D eigenvalue weighted by molar-refractivity contribution is 5.92. The van der Waals surface area contributed by atoms with Crippen LogP contribution in [0.4, 0.5) is 0 Å². The van der Waals surface area contributed by atoms with Gasteiger partial charge in [0, 0.05) is 14.1 Å². The van der Waals surface area contributed by atoms with Crippen molar-refractivity contribution in [1.29, 1.82) is 0 Å². The van der Waals surface area contributed by atoms with Gasteiger partial charge in [-0.15, -0.1) is 0 Å². The number of carbonyl (C=O) groups is 2. The average Bonchev–Trinajstić information content (AvgIpc) is 2.52. The Balaban J connectivity index is 2.11. The van der Waals surface area contributed by atoms with Crippen LogP contribution >= 0.6 is 0 Å². The molecule has 5 heteroatoms. The molecule has 128 valence electrons. The number of rotatable bonds is 6. The minimum absolute atomic E-state index is 0.00131. The zero-order chi connectivity index (χ0) is 17.7. The lowest BCUT2D eigenvalue weighted by atomic mass is 10.0. The zero-order valence-electron chi connectivity index (χ0n) is 14.7. The van der Waals surface area contributed by atoms with Gasteiger partial charge in [-0.3, -0.25) is 15.0 Å². The predicted molar refractivity (Wildman–Crippen MR) is 96.3 cm³/mol. The van der Waals surface area contributed by atoms with E-state index in [2.05, 4.69) is 10.7 Å². The Morgan fingerprint density at radius 3 is 2.38 bits per heavy atom. The summed E-state index contributed by atoms with van der Waals surface area (Å²) in [5.41, 5.74) is 3.66. The molecule has 1 atom stereocenters. The second-order valence-corrected chi connectivity index (χ2v) is 6.47. The molecule has 0 aliphatic rings. The fraction of sp³-hybridized carbons (Fsp3) is 0.368. The van der Waals surface area contributed by atoms with Crippen molar-refractivity contribution in [2.75, 3.05) is 14.1 Å². The van der Waals surface area contributed by atoms with E-state index in [1.807, 2.05) is 56.3 Å². The normalized spacial score (nSPS) is 12.4. The van der Waals surface area contributed by atoms with E-state index in [-0.39, 0.29) is 24.2 Å². The number of hydrazine groups is 1. The van der Waals surface area contributed by atoms with Crippen LogP contribution in [0.1, 0.15) is 19.4 Å². The molecule has 24 heavy (non-hydrogen) atoms. The number of benzene rings is 2. The van der Waals surface area contributed by atoms with Crippen molar-refractivity contribution in [3.63, 3.8) is 0 Å². The molecule has 0 bridgehead atoms. The Kier molecular flexibility index (Phi) is 5.93. The number of nitrogens with zero attached hydrogens (tertiary/aromatic N) is 1. The van der Waals surface area contributed by atoms with Gasteiger partial charge < -0.3 is 5.32 Å². The maximum absolute atomic E-state index is 12.5. The summed E-state index contributed by atoms with van der Waals surface area (Å²) in [6, 6.07) is 13.3. The van der Waals surface area contributed by atoms with Gasteiger partial charge in [0.25, 0.3) is 5.91 Å². The highest BCUT2D eigenvalue weighted by Gasteiger charge is 2.24. The maximum Gasteiger partial charge on any atom is 0.257 e. The van der Waals surface area contributed by atoms with Crippen LogP contribution in [-0.4, -0.2) is 37.0 Å². The Bertz CT molecular complexity index is 720. The van der Waals surface area contributed by atoms with E-state index in [4.69, 9.17) is 0 Å². The third-order valence-electron chi connectivity index (χ3n) is 3.83. The smallest absolute Gasteiger partial charge is 0.257 e. The molecule has 0 saturated heterocycles. The van der Waals surface area contributed by atoms with Crippen LogP contribution in [0.25, 0.3) is 10.8 Å².